The lowest BCUT2D eigenvalue weighted by atomic mass is 10.2. The van der Waals surface area contributed by atoms with Gasteiger partial charge in [-0.25, -0.2) is 22.3 Å². The number of aryl methyl sites for hydroxylation is 1. The second-order valence-corrected chi connectivity index (χ2v) is 7.80. The van der Waals surface area contributed by atoms with Crippen LogP contribution in [0, 0.1) is 5.82 Å². The zero-order valence-electron chi connectivity index (χ0n) is 15.5. The molecule has 3 rings (SSSR count). The molecule has 0 aliphatic heterocycles. The summed E-state index contributed by atoms with van der Waals surface area (Å²) < 4.78 is 44.4. The van der Waals surface area contributed by atoms with E-state index in [0.29, 0.717) is 11.3 Å². The van der Waals surface area contributed by atoms with Crippen molar-refractivity contribution in [2.75, 3.05) is 16.3 Å². The Labute approximate surface area is 165 Å². The highest BCUT2D eigenvalue weighted by molar-refractivity contribution is 7.92. The summed E-state index contributed by atoms with van der Waals surface area (Å²) in [4.78, 5) is 16.3. The maximum atomic E-state index is 13.2. The number of pyridine rings is 1. The molecule has 0 spiro atoms. The average molecular weight is 420 g/mol. The molecular formula is C17H17FN6O4S. The smallest absolute Gasteiger partial charge is 0.413 e. The highest BCUT2D eigenvalue weighted by Crippen LogP contribution is 2.24. The minimum Gasteiger partial charge on any atom is -0.444 e. The molecule has 0 bridgehead atoms. The van der Waals surface area contributed by atoms with Crippen molar-refractivity contribution in [1.29, 1.82) is 0 Å². The van der Waals surface area contributed by atoms with E-state index in [1.165, 1.54) is 41.2 Å². The number of carbonyl (C=O) groups is 1. The lowest BCUT2D eigenvalue weighted by Gasteiger charge is -2.09. The summed E-state index contributed by atoms with van der Waals surface area (Å²) in [7, 11) is -1.86. The van der Waals surface area contributed by atoms with Crippen LogP contribution in [0.5, 0.6) is 0 Å². The minimum atomic E-state index is -3.43. The first-order valence-corrected chi connectivity index (χ1v) is 10.1. The molecule has 10 nitrogen and oxygen atoms in total. The van der Waals surface area contributed by atoms with Crippen molar-refractivity contribution >= 4 is 27.6 Å². The normalized spacial score (nSPS) is 11.1. The first kappa shape index (κ1) is 20.2. The zero-order chi connectivity index (χ0) is 21.0. The molecule has 2 heterocycles. The number of ether oxygens (including phenoxy) is 1. The quantitative estimate of drug-likeness (QED) is 0.625. The van der Waals surface area contributed by atoms with Crippen molar-refractivity contribution in [3.05, 3.63) is 54.0 Å². The first-order chi connectivity index (χ1) is 13.7. The fourth-order valence-electron chi connectivity index (χ4n) is 2.39. The summed E-state index contributed by atoms with van der Waals surface area (Å²) in [6.07, 6.45) is 1.56. The number of anilines is 2. The Hall–Kier alpha value is -3.54. The van der Waals surface area contributed by atoms with Gasteiger partial charge in [-0.3, -0.25) is 15.0 Å². The Bertz CT molecular complexity index is 1130. The van der Waals surface area contributed by atoms with Gasteiger partial charge in [0.1, 0.15) is 12.4 Å². The van der Waals surface area contributed by atoms with Gasteiger partial charge in [-0.15, -0.1) is 5.10 Å². The molecule has 1 amide bonds. The standard InChI is InChI=1S/C17H17FN6O4S/c1-24-16(20-17(25)28-10-11-4-3-5-12(18)8-11)15(21-23-24)14-7-6-13(9-19-14)22-29(2,26)27/h3-9,22H,10H2,1-2H3,(H,20,25). The van der Waals surface area contributed by atoms with Crippen LogP contribution in [0.15, 0.2) is 42.6 Å². The monoisotopic (exact) mass is 420 g/mol. The van der Waals surface area contributed by atoms with E-state index in [0.717, 1.165) is 6.26 Å². The third-order valence-electron chi connectivity index (χ3n) is 3.62. The average Bonchev–Trinajstić information content (AvgIpc) is 3.00. The molecule has 0 atom stereocenters. The van der Waals surface area contributed by atoms with E-state index in [4.69, 9.17) is 4.74 Å². The molecule has 3 aromatic rings. The van der Waals surface area contributed by atoms with Crippen LogP contribution in [0.25, 0.3) is 11.4 Å². The van der Waals surface area contributed by atoms with Gasteiger partial charge < -0.3 is 4.74 Å². The van der Waals surface area contributed by atoms with E-state index in [1.807, 2.05) is 0 Å². The Morgan fingerprint density at radius 1 is 1.28 bits per heavy atom. The topological polar surface area (TPSA) is 128 Å². The highest BCUT2D eigenvalue weighted by Gasteiger charge is 2.17. The number of aromatic nitrogens is 4. The van der Waals surface area contributed by atoms with Crippen LogP contribution in [0.4, 0.5) is 20.7 Å². The first-order valence-electron chi connectivity index (χ1n) is 8.23. The van der Waals surface area contributed by atoms with E-state index < -0.39 is 21.9 Å². The molecule has 1 aromatic carbocycles. The fraction of sp³-hybridized carbons (Fsp3) is 0.176. The summed E-state index contributed by atoms with van der Waals surface area (Å²) >= 11 is 0. The maximum absolute atomic E-state index is 13.2. The second-order valence-electron chi connectivity index (χ2n) is 6.05. The van der Waals surface area contributed by atoms with Crippen LogP contribution in [-0.2, 0) is 28.4 Å². The fourth-order valence-corrected chi connectivity index (χ4v) is 2.94. The van der Waals surface area contributed by atoms with Gasteiger partial charge in [0.2, 0.25) is 10.0 Å². The number of hydrogen-bond acceptors (Lipinski definition) is 7. The maximum Gasteiger partial charge on any atom is 0.413 e. The highest BCUT2D eigenvalue weighted by atomic mass is 32.2. The predicted molar refractivity (Wildman–Crippen MR) is 103 cm³/mol. The largest absolute Gasteiger partial charge is 0.444 e. The van der Waals surface area contributed by atoms with Gasteiger partial charge in [-0.2, -0.15) is 0 Å². The van der Waals surface area contributed by atoms with E-state index >= 15 is 0 Å². The number of nitrogens with zero attached hydrogens (tertiary/aromatic N) is 4. The minimum absolute atomic E-state index is 0.117. The number of carbonyl (C=O) groups excluding carboxylic acids is 1. The zero-order valence-corrected chi connectivity index (χ0v) is 16.3. The van der Waals surface area contributed by atoms with Crippen molar-refractivity contribution in [1.82, 2.24) is 20.0 Å². The molecule has 0 aliphatic carbocycles. The molecule has 2 N–H and O–H groups in total. The molecule has 0 unspecified atom stereocenters. The van der Waals surface area contributed by atoms with E-state index in [-0.39, 0.29) is 23.8 Å². The van der Waals surface area contributed by atoms with Crippen molar-refractivity contribution < 1.29 is 22.3 Å². The second kappa shape index (κ2) is 8.22. The van der Waals surface area contributed by atoms with Crippen LogP contribution >= 0.6 is 0 Å². The molecule has 0 fully saturated rings. The van der Waals surface area contributed by atoms with Gasteiger partial charge in [0.05, 0.1) is 23.8 Å². The SMILES string of the molecule is Cn1nnc(-c2ccc(NS(C)(=O)=O)cn2)c1NC(=O)OCc1cccc(F)c1. The van der Waals surface area contributed by atoms with Gasteiger partial charge in [0.15, 0.2) is 11.5 Å². The van der Waals surface area contributed by atoms with Crippen LogP contribution < -0.4 is 10.0 Å². The lowest BCUT2D eigenvalue weighted by Crippen LogP contribution is -2.16. The lowest BCUT2D eigenvalue weighted by molar-refractivity contribution is 0.154. The summed E-state index contributed by atoms with van der Waals surface area (Å²) in [5, 5.41) is 10.3. The van der Waals surface area contributed by atoms with Crippen molar-refractivity contribution in [2.45, 2.75) is 6.61 Å². The molecule has 2 aromatic heterocycles. The van der Waals surface area contributed by atoms with E-state index in [2.05, 4.69) is 25.3 Å². The third kappa shape index (κ3) is 5.48. The molecular weight excluding hydrogens is 403 g/mol. The Morgan fingerprint density at radius 2 is 2.07 bits per heavy atom. The number of benzene rings is 1. The number of sulfonamides is 1. The summed E-state index contributed by atoms with van der Waals surface area (Å²) in [6.45, 7) is -0.117. The van der Waals surface area contributed by atoms with Crippen molar-refractivity contribution in [3.8, 4) is 11.4 Å². The molecule has 0 saturated heterocycles. The molecule has 29 heavy (non-hydrogen) atoms. The van der Waals surface area contributed by atoms with Crippen LogP contribution in [0.3, 0.4) is 0 Å². The van der Waals surface area contributed by atoms with Crippen molar-refractivity contribution in [2.24, 2.45) is 7.05 Å². The molecule has 0 aliphatic rings. The molecule has 0 radical (unpaired) electrons. The molecule has 0 saturated carbocycles. The number of halogens is 1. The van der Waals surface area contributed by atoms with Gasteiger partial charge >= 0.3 is 6.09 Å². The van der Waals surface area contributed by atoms with Crippen LogP contribution in [0.2, 0.25) is 0 Å². The van der Waals surface area contributed by atoms with Gasteiger partial charge in [0.25, 0.3) is 0 Å². The number of rotatable bonds is 6. The third-order valence-corrected chi connectivity index (χ3v) is 4.22. The summed E-state index contributed by atoms with van der Waals surface area (Å²) in [6, 6.07) is 8.73. The Morgan fingerprint density at radius 3 is 2.72 bits per heavy atom. The van der Waals surface area contributed by atoms with Crippen LogP contribution in [0.1, 0.15) is 5.56 Å². The number of amides is 1. The predicted octanol–water partition coefficient (Wildman–Crippen LogP) is 2.14. The Balaban J connectivity index is 1.71. The molecule has 12 heteroatoms. The Kier molecular flexibility index (Phi) is 5.73. The van der Waals surface area contributed by atoms with Gasteiger partial charge in [-0.1, -0.05) is 17.3 Å². The summed E-state index contributed by atoms with van der Waals surface area (Å²) in [5.41, 5.74) is 1.40. The molecule has 152 valence electrons. The van der Waals surface area contributed by atoms with Crippen molar-refractivity contribution in [3.63, 3.8) is 0 Å². The van der Waals surface area contributed by atoms with E-state index in [9.17, 15) is 17.6 Å². The number of hydrogen-bond donors (Lipinski definition) is 2. The van der Waals surface area contributed by atoms with Gasteiger partial charge in [-0.05, 0) is 29.8 Å². The van der Waals surface area contributed by atoms with Gasteiger partial charge in [0, 0.05) is 7.05 Å². The van der Waals surface area contributed by atoms with Crippen LogP contribution in [-0.4, -0.2) is 40.7 Å². The van der Waals surface area contributed by atoms with E-state index in [1.54, 1.807) is 13.1 Å². The summed E-state index contributed by atoms with van der Waals surface area (Å²) in [5.74, 6) is -0.199. The number of nitrogens with one attached hydrogen (secondary N) is 2.